The van der Waals surface area contributed by atoms with E-state index in [4.69, 9.17) is 9.16 Å². The summed E-state index contributed by atoms with van der Waals surface area (Å²) in [5, 5.41) is 9.48. The number of ether oxygens (including phenoxy) is 1. The molecule has 22 heavy (non-hydrogen) atoms. The lowest BCUT2D eigenvalue weighted by Crippen LogP contribution is -2.39. The van der Waals surface area contributed by atoms with Gasteiger partial charge in [0.15, 0.2) is 14.4 Å². The van der Waals surface area contributed by atoms with Crippen LogP contribution in [0.2, 0.25) is 19.6 Å². The van der Waals surface area contributed by atoms with Crippen LogP contribution in [-0.2, 0) is 15.8 Å². The molecule has 0 radical (unpaired) electrons. The number of rotatable bonds is 10. The Kier molecular flexibility index (Phi) is 8.40. The van der Waals surface area contributed by atoms with E-state index in [1.807, 2.05) is 30.3 Å². The summed E-state index contributed by atoms with van der Waals surface area (Å²) >= 11 is 0. The smallest absolute Gasteiger partial charge is 0.185 e. The first-order chi connectivity index (χ1) is 10.5. The van der Waals surface area contributed by atoms with Crippen molar-refractivity contribution in [3.05, 3.63) is 35.9 Å². The molecule has 0 heterocycles. The fourth-order valence-electron chi connectivity index (χ4n) is 2.26. The highest BCUT2D eigenvalue weighted by atomic mass is 28.4. The van der Waals surface area contributed by atoms with Crippen LogP contribution in [0.25, 0.3) is 0 Å². The Hall–Kier alpha value is -1.15. The average molecular weight is 320 g/mol. The second-order valence-electron chi connectivity index (χ2n) is 6.61. The molecule has 0 aliphatic rings. The third-order valence-corrected chi connectivity index (χ3v) is 4.31. The Morgan fingerprint density at radius 2 is 1.82 bits per heavy atom. The highest BCUT2D eigenvalue weighted by Gasteiger charge is 2.28. The van der Waals surface area contributed by atoms with Crippen LogP contribution in [0.15, 0.2) is 30.3 Å². The lowest BCUT2D eigenvalue weighted by atomic mass is 10.1. The van der Waals surface area contributed by atoms with Crippen LogP contribution in [0.5, 0.6) is 0 Å². The highest BCUT2D eigenvalue weighted by molar-refractivity contribution is 6.69. The van der Waals surface area contributed by atoms with Gasteiger partial charge in [-0.3, -0.25) is 0 Å². The molecular weight excluding hydrogens is 290 g/mol. The maximum Gasteiger partial charge on any atom is 0.185 e. The third-order valence-electron chi connectivity index (χ3n) is 3.34. The molecule has 0 unspecified atom stereocenters. The van der Waals surface area contributed by atoms with Crippen molar-refractivity contribution < 1.29 is 9.16 Å². The SMILES string of the molecule is CCCCC[C@@H](OCc1ccccc1)[C@@H](C#N)O[Si](C)(C)C. The Morgan fingerprint density at radius 1 is 1.14 bits per heavy atom. The minimum atomic E-state index is -1.76. The largest absolute Gasteiger partial charge is 0.400 e. The van der Waals surface area contributed by atoms with Crippen LogP contribution < -0.4 is 0 Å². The topological polar surface area (TPSA) is 42.2 Å². The zero-order chi connectivity index (χ0) is 16.4. The monoisotopic (exact) mass is 319 g/mol. The van der Waals surface area contributed by atoms with Gasteiger partial charge in [0.25, 0.3) is 0 Å². The van der Waals surface area contributed by atoms with Crippen LogP contribution in [-0.4, -0.2) is 20.5 Å². The molecule has 0 fully saturated rings. The summed E-state index contributed by atoms with van der Waals surface area (Å²) in [6.45, 7) is 9.04. The molecule has 2 atom stereocenters. The van der Waals surface area contributed by atoms with E-state index in [2.05, 4.69) is 32.6 Å². The Bertz CT molecular complexity index is 450. The molecule has 0 saturated heterocycles. The van der Waals surface area contributed by atoms with E-state index in [-0.39, 0.29) is 6.10 Å². The van der Waals surface area contributed by atoms with Crippen molar-refractivity contribution >= 4 is 8.32 Å². The number of nitrogens with zero attached hydrogens (tertiary/aromatic N) is 1. The van der Waals surface area contributed by atoms with Crippen LogP contribution >= 0.6 is 0 Å². The molecule has 0 aliphatic heterocycles. The first kappa shape index (κ1) is 18.9. The van der Waals surface area contributed by atoms with Gasteiger partial charge >= 0.3 is 0 Å². The quantitative estimate of drug-likeness (QED) is 0.455. The minimum Gasteiger partial charge on any atom is -0.400 e. The molecule has 0 spiro atoms. The molecule has 0 aliphatic carbocycles. The molecule has 3 nitrogen and oxygen atoms in total. The highest BCUT2D eigenvalue weighted by Crippen LogP contribution is 2.19. The van der Waals surface area contributed by atoms with Gasteiger partial charge in [-0.25, -0.2) is 0 Å². The van der Waals surface area contributed by atoms with E-state index < -0.39 is 14.4 Å². The van der Waals surface area contributed by atoms with E-state index in [0.29, 0.717) is 6.61 Å². The van der Waals surface area contributed by atoms with Gasteiger partial charge in [0.1, 0.15) is 0 Å². The average Bonchev–Trinajstić information content (AvgIpc) is 2.49. The van der Waals surface area contributed by atoms with Gasteiger partial charge in [-0.15, -0.1) is 0 Å². The summed E-state index contributed by atoms with van der Waals surface area (Å²) in [6.07, 6.45) is 3.66. The minimum absolute atomic E-state index is 0.150. The molecule has 1 aromatic rings. The first-order valence-corrected chi connectivity index (χ1v) is 11.6. The Balaban J connectivity index is 2.66. The van der Waals surface area contributed by atoms with E-state index >= 15 is 0 Å². The van der Waals surface area contributed by atoms with Gasteiger partial charge in [-0.1, -0.05) is 56.5 Å². The van der Waals surface area contributed by atoms with Crippen molar-refractivity contribution in [2.24, 2.45) is 0 Å². The van der Waals surface area contributed by atoms with Crippen molar-refractivity contribution in [2.75, 3.05) is 0 Å². The van der Waals surface area contributed by atoms with Gasteiger partial charge in [0.2, 0.25) is 0 Å². The lowest BCUT2D eigenvalue weighted by Gasteiger charge is -2.28. The van der Waals surface area contributed by atoms with E-state index in [9.17, 15) is 5.26 Å². The third kappa shape index (κ3) is 7.74. The zero-order valence-corrected chi connectivity index (χ0v) is 15.3. The van der Waals surface area contributed by atoms with E-state index in [1.54, 1.807) is 0 Å². The summed E-state index contributed by atoms with van der Waals surface area (Å²) in [7, 11) is -1.76. The number of nitriles is 1. The van der Waals surface area contributed by atoms with E-state index in [0.717, 1.165) is 31.2 Å². The molecule has 1 aromatic carbocycles. The maximum absolute atomic E-state index is 9.48. The van der Waals surface area contributed by atoms with Crippen molar-refractivity contribution in [1.82, 2.24) is 0 Å². The summed E-state index contributed by atoms with van der Waals surface area (Å²) in [5.41, 5.74) is 1.13. The van der Waals surface area contributed by atoms with Crippen LogP contribution in [0.4, 0.5) is 0 Å². The molecule has 0 amide bonds. The van der Waals surface area contributed by atoms with Gasteiger partial charge in [0.05, 0.1) is 18.8 Å². The molecule has 122 valence electrons. The van der Waals surface area contributed by atoms with Gasteiger partial charge in [-0.2, -0.15) is 5.26 Å². The maximum atomic E-state index is 9.48. The summed E-state index contributed by atoms with van der Waals surface area (Å²) in [5.74, 6) is 0. The molecule has 1 rings (SSSR count). The zero-order valence-electron chi connectivity index (χ0n) is 14.3. The summed E-state index contributed by atoms with van der Waals surface area (Å²) in [4.78, 5) is 0. The number of benzene rings is 1. The Labute approximate surface area is 136 Å². The van der Waals surface area contributed by atoms with Crippen LogP contribution in [0, 0.1) is 11.3 Å². The molecule has 0 bridgehead atoms. The normalized spacial score (nSPS) is 14.3. The van der Waals surface area contributed by atoms with Gasteiger partial charge < -0.3 is 9.16 Å². The van der Waals surface area contributed by atoms with Crippen LogP contribution in [0.1, 0.15) is 38.2 Å². The predicted molar refractivity (Wildman–Crippen MR) is 93.0 cm³/mol. The van der Waals surface area contributed by atoms with Gasteiger partial charge in [0, 0.05) is 0 Å². The lowest BCUT2D eigenvalue weighted by molar-refractivity contribution is -0.0230. The van der Waals surface area contributed by atoms with Crippen molar-refractivity contribution in [3.63, 3.8) is 0 Å². The molecule has 0 aromatic heterocycles. The second-order valence-corrected chi connectivity index (χ2v) is 11.1. The first-order valence-electron chi connectivity index (χ1n) is 8.19. The van der Waals surface area contributed by atoms with Crippen molar-refractivity contribution in [2.45, 2.75) is 71.1 Å². The van der Waals surface area contributed by atoms with Crippen molar-refractivity contribution in [3.8, 4) is 6.07 Å². The Morgan fingerprint density at radius 3 is 2.36 bits per heavy atom. The summed E-state index contributed by atoms with van der Waals surface area (Å²) < 4.78 is 12.1. The molecule has 0 N–H and O–H groups in total. The number of hydrogen-bond acceptors (Lipinski definition) is 3. The van der Waals surface area contributed by atoms with Crippen molar-refractivity contribution in [1.29, 1.82) is 5.26 Å². The fraction of sp³-hybridized carbons (Fsp3) is 0.611. The fourth-order valence-corrected chi connectivity index (χ4v) is 3.23. The summed E-state index contributed by atoms with van der Waals surface area (Å²) in [6, 6.07) is 12.4. The molecular formula is C18H29NO2Si. The second kappa shape index (κ2) is 9.78. The predicted octanol–water partition coefficient (Wildman–Crippen LogP) is 4.90. The van der Waals surface area contributed by atoms with Gasteiger partial charge in [-0.05, 0) is 31.6 Å². The molecule has 0 saturated carbocycles. The standard InChI is InChI=1S/C18H29NO2Si/c1-5-6-8-13-17(18(14-19)21-22(2,3)4)20-15-16-11-9-7-10-12-16/h7,9-12,17-18H,5-6,8,13,15H2,1-4H3/t17-,18-/m1/s1. The molecule has 4 heteroatoms. The van der Waals surface area contributed by atoms with E-state index in [1.165, 1.54) is 0 Å². The number of unbranched alkanes of at least 4 members (excludes halogenated alkanes) is 2. The number of hydrogen-bond donors (Lipinski definition) is 0. The van der Waals surface area contributed by atoms with Crippen LogP contribution in [0.3, 0.4) is 0 Å².